The van der Waals surface area contributed by atoms with Crippen molar-refractivity contribution in [1.29, 1.82) is 0 Å². The van der Waals surface area contributed by atoms with E-state index < -0.39 is 5.60 Å². The van der Waals surface area contributed by atoms with Crippen molar-refractivity contribution < 1.29 is 9.53 Å². The van der Waals surface area contributed by atoms with Crippen molar-refractivity contribution in [2.24, 2.45) is 5.73 Å². The molecule has 2 rings (SSSR count). The molecule has 1 amide bonds. The summed E-state index contributed by atoms with van der Waals surface area (Å²) in [5.41, 5.74) is 8.14. The van der Waals surface area contributed by atoms with Gasteiger partial charge in [-0.15, -0.1) is 0 Å². The highest BCUT2D eigenvalue weighted by Crippen LogP contribution is 2.27. The molecule has 0 radical (unpaired) electrons. The Morgan fingerprint density at radius 2 is 1.86 bits per heavy atom. The van der Waals surface area contributed by atoms with Crippen molar-refractivity contribution >= 4 is 6.09 Å². The Kier molecular flexibility index (Phi) is 4.57. The summed E-state index contributed by atoms with van der Waals surface area (Å²) in [5.74, 6) is 0.280. The average Bonchev–Trinajstić information content (AvgIpc) is 2.36. The topological polar surface area (TPSA) is 55.6 Å². The predicted octanol–water partition coefficient (Wildman–Crippen LogP) is 3.05. The van der Waals surface area contributed by atoms with Gasteiger partial charge in [-0.2, -0.15) is 0 Å². The summed E-state index contributed by atoms with van der Waals surface area (Å²) in [5, 5.41) is 0. The number of carbonyl (C=O) groups is 1. The second kappa shape index (κ2) is 6.06. The van der Waals surface area contributed by atoms with Crippen molar-refractivity contribution in [2.75, 3.05) is 13.1 Å². The van der Waals surface area contributed by atoms with Gasteiger partial charge in [0, 0.05) is 25.0 Å². The molecule has 4 heteroatoms. The highest BCUT2D eigenvalue weighted by atomic mass is 16.6. The molecule has 1 saturated heterocycles. The van der Waals surface area contributed by atoms with Gasteiger partial charge in [-0.3, -0.25) is 0 Å². The van der Waals surface area contributed by atoms with Gasteiger partial charge in [0.1, 0.15) is 5.60 Å². The fourth-order valence-electron chi connectivity index (χ4n) is 2.69. The zero-order valence-corrected chi connectivity index (χ0v) is 13.4. The minimum absolute atomic E-state index is 0.00225. The van der Waals surface area contributed by atoms with E-state index in [2.05, 4.69) is 31.2 Å². The summed E-state index contributed by atoms with van der Waals surface area (Å²) in [6, 6.07) is 8.47. The first-order valence-electron chi connectivity index (χ1n) is 7.54. The average molecular weight is 290 g/mol. The van der Waals surface area contributed by atoms with Crippen LogP contribution in [-0.4, -0.2) is 35.7 Å². The highest BCUT2D eigenvalue weighted by molar-refractivity contribution is 5.68. The first-order valence-corrected chi connectivity index (χ1v) is 7.54. The number of benzene rings is 1. The Balaban J connectivity index is 2.08. The van der Waals surface area contributed by atoms with Gasteiger partial charge in [-0.25, -0.2) is 4.79 Å². The van der Waals surface area contributed by atoms with Crippen molar-refractivity contribution in [2.45, 2.75) is 51.7 Å². The number of nitrogens with zero attached hydrogens (tertiary/aromatic N) is 1. The van der Waals surface area contributed by atoms with E-state index >= 15 is 0 Å². The molecule has 1 heterocycles. The molecule has 1 aliphatic heterocycles. The van der Waals surface area contributed by atoms with E-state index in [1.165, 1.54) is 11.1 Å². The number of ether oxygens (including phenoxy) is 1. The SMILES string of the molecule is Cc1ccc(C2CC(N)CN(C(=O)OC(C)(C)C)C2)cc1. The third-order valence-electron chi connectivity index (χ3n) is 3.68. The van der Waals surface area contributed by atoms with Crippen LogP contribution in [0.2, 0.25) is 0 Å². The van der Waals surface area contributed by atoms with Gasteiger partial charge in [0.15, 0.2) is 0 Å². The molecule has 116 valence electrons. The van der Waals surface area contributed by atoms with Crippen LogP contribution >= 0.6 is 0 Å². The molecule has 2 unspecified atom stereocenters. The Labute approximate surface area is 127 Å². The normalized spacial score (nSPS) is 23.0. The molecule has 2 N–H and O–H groups in total. The van der Waals surface area contributed by atoms with Crippen LogP contribution < -0.4 is 5.73 Å². The number of amides is 1. The Morgan fingerprint density at radius 1 is 1.24 bits per heavy atom. The smallest absolute Gasteiger partial charge is 0.410 e. The summed E-state index contributed by atoms with van der Waals surface area (Å²) in [6.45, 7) is 8.96. The van der Waals surface area contributed by atoms with Gasteiger partial charge < -0.3 is 15.4 Å². The minimum Gasteiger partial charge on any atom is -0.444 e. The maximum Gasteiger partial charge on any atom is 0.410 e. The molecule has 0 bridgehead atoms. The predicted molar refractivity (Wildman–Crippen MR) is 84.3 cm³/mol. The summed E-state index contributed by atoms with van der Waals surface area (Å²) in [6.07, 6.45) is 0.636. The molecule has 4 nitrogen and oxygen atoms in total. The van der Waals surface area contributed by atoms with Gasteiger partial charge in [0.2, 0.25) is 0 Å². The van der Waals surface area contributed by atoms with Gasteiger partial charge in [0.05, 0.1) is 0 Å². The number of piperidine rings is 1. The lowest BCUT2D eigenvalue weighted by molar-refractivity contribution is 0.0181. The van der Waals surface area contributed by atoms with Crippen LogP contribution in [0.1, 0.15) is 44.2 Å². The number of carbonyl (C=O) groups excluding carboxylic acids is 1. The number of hydrogen-bond acceptors (Lipinski definition) is 3. The highest BCUT2D eigenvalue weighted by Gasteiger charge is 2.31. The maximum atomic E-state index is 12.2. The lowest BCUT2D eigenvalue weighted by Gasteiger charge is -2.37. The Hall–Kier alpha value is -1.55. The number of nitrogens with two attached hydrogens (primary N) is 1. The van der Waals surface area contributed by atoms with Crippen molar-refractivity contribution in [1.82, 2.24) is 4.90 Å². The number of likely N-dealkylation sites (tertiary alicyclic amines) is 1. The van der Waals surface area contributed by atoms with Crippen LogP contribution in [0.4, 0.5) is 4.79 Å². The van der Waals surface area contributed by atoms with Gasteiger partial charge in [0.25, 0.3) is 0 Å². The van der Waals surface area contributed by atoms with Crippen molar-refractivity contribution in [3.8, 4) is 0 Å². The van der Waals surface area contributed by atoms with Crippen LogP contribution in [0.25, 0.3) is 0 Å². The molecule has 1 aliphatic rings. The van der Waals surface area contributed by atoms with Crippen molar-refractivity contribution in [3.63, 3.8) is 0 Å². The minimum atomic E-state index is -0.474. The lowest BCUT2D eigenvalue weighted by Crippen LogP contribution is -2.50. The second-order valence-electron chi connectivity index (χ2n) is 6.99. The second-order valence-corrected chi connectivity index (χ2v) is 6.99. The van der Waals surface area contributed by atoms with Gasteiger partial charge >= 0.3 is 6.09 Å². The molecule has 0 aromatic heterocycles. The molecule has 1 fully saturated rings. The molecular formula is C17H26N2O2. The van der Waals surface area contributed by atoms with E-state index in [1.54, 1.807) is 4.90 Å². The van der Waals surface area contributed by atoms with E-state index in [0.29, 0.717) is 13.1 Å². The summed E-state index contributed by atoms with van der Waals surface area (Å²) >= 11 is 0. The van der Waals surface area contributed by atoms with Crippen LogP contribution in [0, 0.1) is 6.92 Å². The van der Waals surface area contributed by atoms with Gasteiger partial charge in [-0.1, -0.05) is 29.8 Å². The number of hydrogen-bond donors (Lipinski definition) is 1. The van der Waals surface area contributed by atoms with E-state index in [1.807, 2.05) is 20.8 Å². The zero-order valence-electron chi connectivity index (χ0n) is 13.4. The molecule has 2 atom stereocenters. The van der Waals surface area contributed by atoms with Crippen LogP contribution in [-0.2, 0) is 4.74 Å². The lowest BCUT2D eigenvalue weighted by atomic mass is 9.88. The fraction of sp³-hybridized carbons (Fsp3) is 0.588. The molecule has 0 saturated carbocycles. The van der Waals surface area contributed by atoms with E-state index in [-0.39, 0.29) is 18.1 Å². The summed E-state index contributed by atoms with van der Waals surface area (Å²) < 4.78 is 5.46. The standard InChI is InChI=1S/C17H26N2O2/c1-12-5-7-13(8-6-12)14-9-15(18)11-19(10-14)16(20)21-17(2,3)4/h5-8,14-15H,9-11,18H2,1-4H3. The number of aryl methyl sites for hydroxylation is 1. The Morgan fingerprint density at radius 3 is 2.43 bits per heavy atom. The first kappa shape index (κ1) is 15.8. The number of rotatable bonds is 1. The van der Waals surface area contributed by atoms with Crippen LogP contribution in [0.3, 0.4) is 0 Å². The third-order valence-corrected chi connectivity index (χ3v) is 3.68. The first-order chi connectivity index (χ1) is 9.74. The Bertz CT molecular complexity index is 491. The third kappa shape index (κ3) is 4.46. The van der Waals surface area contributed by atoms with Crippen molar-refractivity contribution in [3.05, 3.63) is 35.4 Å². The van der Waals surface area contributed by atoms with Crippen LogP contribution in [0.15, 0.2) is 24.3 Å². The largest absolute Gasteiger partial charge is 0.444 e. The molecule has 21 heavy (non-hydrogen) atoms. The van der Waals surface area contributed by atoms with E-state index in [0.717, 1.165) is 6.42 Å². The molecule has 1 aromatic carbocycles. The fourth-order valence-corrected chi connectivity index (χ4v) is 2.69. The van der Waals surface area contributed by atoms with Crippen LogP contribution in [0.5, 0.6) is 0 Å². The van der Waals surface area contributed by atoms with E-state index in [9.17, 15) is 4.79 Å². The maximum absolute atomic E-state index is 12.2. The van der Waals surface area contributed by atoms with E-state index in [4.69, 9.17) is 10.5 Å². The monoisotopic (exact) mass is 290 g/mol. The zero-order chi connectivity index (χ0) is 15.6. The molecule has 0 aliphatic carbocycles. The van der Waals surface area contributed by atoms with Gasteiger partial charge in [-0.05, 0) is 39.7 Å². The molecule has 0 spiro atoms. The quantitative estimate of drug-likeness (QED) is 0.865. The summed E-state index contributed by atoms with van der Waals surface area (Å²) in [4.78, 5) is 14.0. The molecular weight excluding hydrogens is 264 g/mol. The summed E-state index contributed by atoms with van der Waals surface area (Å²) in [7, 11) is 0. The molecule has 1 aromatic rings.